The van der Waals surface area contributed by atoms with Crippen molar-refractivity contribution in [2.75, 3.05) is 0 Å². The lowest BCUT2D eigenvalue weighted by Crippen LogP contribution is -2.24. The molecule has 0 aliphatic rings. The highest BCUT2D eigenvalue weighted by molar-refractivity contribution is 9.39. The molecule has 1 nitrogen and oxygen atoms in total. The summed E-state index contributed by atoms with van der Waals surface area (Å²) >= 11 is 13.5. The molecule has 0 spiro atoms. The van der Waals surface area contributed by atoms with Gasteiger partial charge in [-0.25, -0.2) is 0 Å². The average Bonchev–Trinajstić information content (AvgIpc) is 2.17. The highest BCUT2D eigenvalue weighted by Crippen LogP contribution is 2.41. The van der Waals surface area contributed by atoms with Gasteiger partial charge in [0.15, 0.2) is 2.14 Å². The van der Waals surface area contributed by atoms with Gasteiger partial charge in [-0.3, -0.25) is 0 Å². The first-order chi connectivity index (χ1) is 7.30. The number of halogens is 4. The third kappa shape index (κ3) is 4.77. The van der Waals surface area contributed by atoms with Gasteiger partial charge in [-0.15, -0.1) is 0 Å². The van der Waals surface area contributed by atoms with Gasteiger partial charge >= 0.3 is 0 Å². The molecule has 0 radical (unpaired) electrons. The van der Waals surface area contributed by atoms with E-state index in [0.717, 1.165) is 0 Å². The zero-order valence-corrected chi connectivity index (χ0v) is 15.0. The van der Waals surface area contributed by atoms with Gasteiger partial charge < -0.3 is 5.11 Å². The molecule has 0 amide bonds. The number of hydrogen-bond donors (Lipinski definition) is 1. The Balaban J connectivity index is 2.65. The Kier molecular flexibility index (Phi) is 5.99. The Morgan fingerprint density at radius 2 is 1.69 bits per heavy atom. The number of aryl methyl sites for hydroxylation is 1. The molecule has 0 bridgehead atoms. The number of aliphatic hydroxyl groups is 1. The van der Waals surface area contributed by atoms with Gasteiger partial charge in [-0.05, 0) is 18.9 Å². The molecule has 2 atom stereocenters. The van der Waals surface area contributed by atoms with Crippen LogP contribution in [0.3, 0.4) is 0 Å². The van der Waals surface area contributed by atoms with E-state index in [1.807, 2.05) is 0 Å². The second kappa shape index (κ2) is 6.32. The summed E-state index contributed by atoms with van der Waals surface area (Å²) in [6, 6.07) is 8.28. The fourth-order valence-corrected chi connectivity index (χ4v) is 2.46. The third-order valence-electron chi connectivity index (χ3n) is 2.25. The van der Waals surface area contributed by atoms with E-state index in [-0.39, 0.29) is 4.83 Å². The molecule has 0 aliphatic heterocycles. The second-order valence-corrected chi connectivity index (χ2v) is 11.7. The average molecular weight is 480 g/mol. The molecule has 0 heterocycles. The van der Waals surface area contributed by atoms with Crippen LogP contribution in [0.2, 0.25) is 0 Å². The largest absolute Gasteiger partial charge is 0.390 e. The lowest BCUT2D eigenvalue weighted by molar-refractivity contribution is 0.179. The molecule has 1 aromatic rings. The fourth-order valence-electron chi connectivity index (χ4n) is 1.24. The number of benzene rings is 1. The maximum absolute atomic E-state index is 9.90. The van der Waals surface area contributed by atoms with Crippen molar-refractivity contribution in [1.82, 2.24) is 0 Å². The van der Waals surface area contributed by atoms with Gasteiger partial charge in [0, 0.05) is 4.83 Å². The van der Waals surface area contributed by atoms with Gasteiger partial charge in [0.25, 0.3) is 0 Å². The first-order valence-corrected chi connectivity index (χ1v) is 8.05. The van der Waals surface area contributed by atoms with E-state index in [1.165, 1.54) is 11.1 Å². The van der Waals surface area contributed by atoms with Crippen molar-refractivity contribution >= 4 is 63.7 Å². The van der Waals surface area contributed by atoms with Crippen LogP contribution in [0.15, 0.2) is 24.3 Å². The van der Waals surface area contributed by atoms with Crippen molar-refractivity contribution < 1.29 is 5.11 Å². The summed E-state index contributed by atoms with van der Waals surface area (Å²) in [5, 5.41) is 9.90. The molecule has 0 aliphatic carbocycles. The van der Waals surface area contributed by atoms with E-state index in [0.29, 0.717) is 6.42 Å². The molecule has 1 aromatic carbocycles. The highest BCUT2D eigenvalue weighted by atomic mass is 80.0. The molecule has 1 N–H and O–H groups in total. The number of rotatable bonds is 3. The first-order valence-electron chi connectivity index (χ1n) is 4.76. The maximum Gasteiger partial charge on any atom is 0.160 e. The molecule has 0 unspecified atom stereocenters. The number of aliphatic hydroxyl groups excluding tert-OH is 1. The summed E-state index contributed by atoms with van der Waals surface area (Å²) in [4.78, 5) is 0.134. The number of hydrogen-bond acceptors (Lipinski definition) is 1. The fraction of sp³-hybridized carbons (Fsp3) is 0.455. The molecule has 0 saturated heterocycles. The molecule has 0 saturated carbocycles. The molecular formula is C11H12Br4O. The van der Waals surface area contributed by atoms with Gasteiger partial charge in [-0.2, -0.15) is 0 Å². The van der Waals surface area contributed by atoms with E-state index in [4.69, 9.17) is 0 Å². The zero-order valence-electron chi connectivity index (χ0n) is 8.63. The molecule has 90 valence electrons. The third-order valence-corrected chi connectivity index (χ3v) is 4.74. The maximum atomic E-state index is 9.90. The van der Waals surface area contributed by atoms with Crippen molar-refractivity contribution in [3.63, 3.8) is 0 Å². The van der Waals surface area contributed by atoms with E-state index in [1.54, 1.807) is 0 Å². The minimum Gasteiger partial charge on any atom is -0.390 e. The Hall–Kier alpha value is 1.10. The minimum absolute atomic E-state index is 0.134. The first kappa shape index (κ1) is 15.2. The summed E-state index contributed by atoms with van der Waals surface area (Å²) < 4.78 is -0.621. The van der Waals surface area contributed by atoms with Crippen LogP contribution in [0.5, 0.6) is 0 Å². The number of alkyl halides is 4. The lowest BCUT2D eigenvalue weighted by Gasteiger charge is -2.22. The second-order valence-electron chi connectivity index (χ2n) is 3.67. The smallest absolute Gasteiger partial charge is 0.160 e. The van der Waals surface area contributed by atoms with Crippen molar-refractivity contribution in [3.05, 3.63) is 35.4 Å². The molecule has 0 aromatic heterocycles. The van der Waals surface area contributed by atoms with Gasteiger partial charge in [0.05, 0.1) is 6.10 Å². The van der Waals surface area contributed by atoms with Gasteiger partial charge in [-0.1, -0.05) is 93.5 Å². The Morgan fingerprint density at radius 1 is 1.19 bits per heavy atom. The predicted molar refractivity (Wildman–Crippen MR) is 83.0 cm³/mol. The van der Waals surface area contributed by atoms with E-state index >= 15 is 0 Å². The summed E-state index contributed by atoms with van der Waals surface area (Å²) in [6.07, 6.45) is 0.0586. The van der Waals surface area contributed by atoms with Gasteiger partial charge in [0.1, 0.15) is 0 Å². The quantitative estimate of drug-likeness (QED) is 0.604. The molecular weight excluding hydrogens is 468 g/mol. The van der Waals surface area contributed by atoms with Crippen LogP contribution in [-0.2, 0) is 0 Å². The van der Waals surface area contributed by atoms with Crippen LogP contribution < -0.4 is 0 Å². The Morgan fingerprint density at radius 3 is 2.12 bits per heavy atom. The highest BCUT2D eigenvalue weighted by Gasteiger charge is 2.30. The van der Waals surface area contributed by atoms with Crippen molar-refractivity contribution in [2.24, 2.45) is 0 Å². The molecule has 16 heavy (non-hydrogen) atoms. The normalized spacial score (nSPS) is 15.9. The summed E-state index contributed by atoms with van der Waals surface area (Å²) in [5.41, 5.74) is 2.40. The van der Waals surface area contributed by atoms with Crippen LogP contribution in [0.1, 0.15) is 22.4 Å². The summed E-state index contributed by atoms with van der Waals surface area (Å²) in [7, 11) is 0. The zero-order chi connectivity index (χ0) is 12.3. The van der Waals surface area contributed by atoms with E-state index in [2.05, 4.69) is 94.9 Å². The summed E-state index contributed by atoms with van der Waals surface area (Å²) in [5.74, 6) is 0. The van der Waals surface area contributed by atoms with Gasteiger partial charge in [0.2, 0.25) is 0 Å². The van der Waals surface area contributed by atoms with Crippen molar-refractivity contribution in [3.8, 4) is 0 Å². The van der Waals surface area contributed by atoms with Crippen LogP contribution >= 0.6 is 63.7 Å². The predicted octanol–water partition coefficient (Wildman–Crippen LogP) is 5.02. The standard InChI is InChI=1S/C11H12Br4O/c1-7-2-4-8(5-3-7)9(12)6-10(16)11(13,14)15/h2-5,9-10,16H,6H2,1H3/t9-,10-/m1/s1. The van der Waals surface area contributed by atoms with Crippen molar-refractivity contribution in [2.45, 2.75) is 26.4 Å². The molecule has 5 heteroatoms. The Bertz CT molecular complexity index is 331. The summed E-state index contributed by atoms with van der Waals surface area (Å²) in [6.45, 7) is 2.06. The monoisotopic (exact) mass is 476 g/mol. The molecule has 1 rings (SSSR count). The van der Waals surface area contributed by atoms with Crippen molar-refractivity contribution in [1.29, 1.82) is 0 Å². The van der Waals surface area contributed by atoms with E-state index in [9.17, 15) is 5.11 Å². The molecule has 0 fully saturated rings. The SMILES string of the molecule is Cc1ccc([C@H](Br)C[C@@H](O)C(Br)(Br)Br)cc1. The topological polar surface area (TPSA) is 20.2 Å². The van der Waals surface area contributed by atoms with Crippen LogP contribution in [0.25, 0.3) is 0 Å². The van der Waals surface area contributed by atoms with Crippen LogP contribution in [-0.4, -0.2) is 13.4 Å². The Labute approximate surface area is 130 Å². The van der Waals surface area contributed by atoms with E-state index < -0.39 is 8.25 Å². The minimum atomic E-state index is -0.621. The lowest BCUT2D eigenvalue weighted by atomic mass is 10.1. The van der Waals surface area contributed by atoms with Crippen LogP contribution in [0, 0.1) is 6.92 Å². The van der Waals surface area contributed by atoms with Crippen LogP contribution in [0.4, 0.5) is 0 Å².